The quantitative estimate of drug-likeness (QED) is 0.851. The summed E-state index contributed by atoms with van der Waals surface area (Å²) in [6, 6.07) is 7.41. The van der Waals surface area contributed by atoms with Crippen molar-refractivity contribution in [3.63, 3.8) is 0 Å². The van der Waals surface area contributed by atoms with E-state index in [2.05, 4.69) is 5.32 Å². The van der Waals surface area contributed by atoms with Gasteiger partial charge in [0.2, 0.25) is 0 Å². The van der Waals surface area contributed by atoms with Crippen LogP contribution in [0.5, 0.6) is 0 Å². The van der Waals surface area contributed by atoms with E-state index in [0.717, 1.165) is 19.4 Å². The normalized spacial score (nSPS) is 23.4. The molecular weight excluding hydrogens is 248 g/mol. The molecule has 5 heteroatoms. The summed E-state index contributed by atoms with van der Waals surface area (Å²) in [4.78, 5) is 0.399. The maximum atomic E-state index is 11.9. The van der Waals surface area contributed by atoms with Gasteiger partial charge in [-0.3, -0.25) is 0 Å². The van der Waals surface area contributed by atoms with E-state index in [0.29, 0.717) is 22.5 Å². The molecule has 1 aliphatic rings. The smallest absolute Gasteiger partial charge is 0.180 e. The van der Waals surface area contributed by atoms with E-state index in [4.69, 9.17) is 5.73 Å². The third kappa shape index (κ3) is 2.84. The van der Waals surface area contributed by atoms with Crippen molar-refractivity contribution >= 4 is 15.5 Å². The third-order valence-electron chi connectivity index (χ3n) is 3.46. The van der Waals surface area contributed by atoms with Crippen molar-refractivity contribution in [3.8, 4) is 0 Å². The molecule has 1 saturated carbocycles. The van der Waals surface area contributed by atoms with E-state index in [1.54, 1.807) is 19.1 Å². The standard InChI is InChI=1S/C13H20N2O2S/c1-2-18(16,17)13-6-4-3-5-12(13)15-9-10-7-11(14)8-10/h3-6,10-11,15H,2,7-9,14H2,1H3. The summed E-state index contributed by atoms with van der Waals surface area (Å²) >= 11 is 0. The molecule has 0 radical (unpaired) electrons. The Labute approximate surface area is 108 Å². The Kier molecular flexibility index (Phi) is 3.92. The zero-order valence-electron chi connectivity index (χ0n) is 10.6. The van der Waals surface area contributed by atoms with E-state index in [1.807, 2.05) is 12.1 Å². The minimum absolute atomic E-state index is 0.125. The van der Waals surface area contributed by atoms with Gasteiger partial charge < -0.3 is 11.1 Å². The van der Waals surface area contributed by atoms with Crippen LogP contribution < -0.4 is 11.1 Å². The molecule has 18 heavy (non-hydrogen) atoms. The molecular formula is C13H20N2O2S. The summed E-state index contributed by atoms with van der Waals surface area (Å²) in [5, 5.41) is 3.24. The summed E-state index contributed by atoms with van der Waals surface area (Å²) in [6.07, 6.45) is 2.05. The molecule has 0 saturated heterocycles. The molecule has 0 aliphatic heterocycles. The second kappa shape index (κ2) is 5.28. The number of nitrogens with two attached hydrogens (primary N) is 1. The summed E-state index contributed by atoms with van der Waals surface area (Å²) in [5.74, 6) is 0.692. The van der Waals surface area contributed by atoms with Gasteiger partial charge in [-0.15, -0.1) is 0 Å². The Hall–Kier alpha value is -1.07. The van der Waals surface area contributed by atoms with Crippen LogP contribution >= 0.6 is 0 Å². The lowest BCUT2D eigenvalue weighted by molar-refractivity contribution is 0.280. The Balaban J connectivity index is 2.08. The van der Waals surface area contributed by atoms with Gasteiger partial charge in [0, 0.05) is 12.6 Å². The Morgan fingerprint density at radius 2 is 2.00 bits per heavy atom. The SMILES string of the molecule is CCS(=O)(=O)c1ccccc1NCC1CC(N)C1. The van der Waals surface area contributed by atoms with Crippen LogP contribution in [0, 0.1) is 5.92 Å². The molecule has 100 valence electrons. The molecule has 2 rings (SSSR count). The molecule has 4 nitrogen and oxygen atoms in total. The van der Waals surface area contributed by atoms with Crippen LogP contribution in [-0.4, -0.2) is 26.8 Å². The third-order valence-corrected chi connectivity index (χ3v) is 5.24. The van der Waals surface area contributed by atoms with Crippen molar-refractivity contribution < 1.29 is 8.42 Å². The van der Waals surface area contributed by atoms with Crippen LogP contribution in [0.2, 0.25) is 0 Å². The monoisotopic (exact) mass is 268 g/mol. The summed E-state index contributed by atoms with van der Waals surface area (Å²) < 4.78 is 23.9. The number of para-hydroxylation sites is 1. The van der Waals surface area contributed by atoms with E-state index in [9.17, 15) is 8.42 Å². The first-order valence-electron chi connectivity index (χ1n) is 6.34. The van der Waals surface area contributed by atoms with Gasteiger partial charge in [0.1, 0.15) is 0 Å². The van der Waals surface area contributed by atoms with Crippen molar-refractivity contribution in [2.75, 3.05) is 17.6 Å². The Morgan fingerprint density at radius 3 is 2.61 bits per heavy atom. The molecule has 3 N–H and O–H groups in total. The molecule has 1 aliphatic carbocycles. The van der Waals surface area contributed by atoms with Crippen LogP contribution in [-0.2, 0) is 9.84 Å². The highest BCUT2D eigenvalue weighted by Gasteiger charge is 2.26. The maximum absolute atomic E-state index is 11.9. The number of hydrogen-bond donors (Lipinski definition) is 2. The second-order valence-electron chi connectivity index (χ2n) is 4.88. The summed E-state index contributed by atoms with van der Waals surface area (Å²) in [5.41, 5.74) is 6.44. The van der Waals surface area contributed by atoms with Crippen molar-refractivity contribution in [2.24, 2.45) is 11.7 Å². The largest absolute Gasteiger partial charge is 0.384 e. The van der Waals surface area contributed by atoms with Crippen LogP contribution in [0.1, 0.15) is 19.8 Å². The Bertz CT molecular complexity index is 507. The predicted octanol–water partition coefficient (Wildman–Crippen LogP) is 1.63. The fourth-order valence-electron chi connectivity index (χ4n) is 2.25. The highest BCUT2D eigenvalue weighted by Crippen LogP contribution is 2.27. The van der Waals surface area contributed by atoms with Gasteiger partial charge in [0.15, 0.2) is 9.84 Å². The first-order chi connectivity index (χ1) is 8.53. The molecule has 1 aromatic carbocycles. The molecule has 0 amide bonds. The van der Waals surface area contributed by atoms with Crippen molar-refractivity contribution in [3.05, 3.63) is 24.3 Å². The first kappa shape index (κ1) is 13.4. The molecule has 0 unspecified atom stereocenters. The highest BCUT2D eigenvalue weighted by molar-refractivity contribution is 7.91. The summed E-state index contributed by atoms with van der Waals surface area (Å²) in [6.45, 7) is 2.46. The van der Waals surface area contributed by atoms with E-state index < -0.39 is 9.84 Å². The number of hydrogen-bond acceptors (Lipinski definition) is 4. The molecule has 0 aromatic heterocycles. The predicted molar refractivity (Wildman–Crippen MR) is 73.4 cm³/mol. The van der Waals surface area contributed by atoms with Crippen molar-refractivity contribution in [1.29, 1.82) is 0 Å². The van der Waals surface area contributed by atoms with E-state index in [-0.39, 0.29) is 5.75 Å². The Morgan fingerprint density at radius 1 is 1.33 bits per heavy atom. The molecule has 1 fully saturated rings. The minimum atomic E-state index is -3.16. The van der Waals surface area contributed by atoms with Gasteiger partial charge in [-0.05, 0) is 30.9 Å². The number of nitrogens with one attached hydrogen (secondary N) is 1. The molecule has 0 bridgehead atoms. The van der Waals surface area contributed by atoms with Crippen LogP contribution in [0.4, 0.5) is 5.69 Å². The summed E-state index contributed by atoms with van der Waals surface area (Å²) in [7, 11) is -3.16. The van der Waals surface area contributed by atoms with Gasteiger partial charge in [-0.2, -0.15) is 0 Å². The second-order valence-corrected chi connectivity index (χ2v) is 7.12. The van der Waals surface area contributed by atoms with Crippen molar-refractivity contribution in [2.45, 2.75) is 30.7 Å². The van der Waals surface area contributed by atoms with Gasteiger partial charge in [0.05, 0.1) is 16.3 Å². The number of benzene rings is 1. The highest BCUT2D eigenvalue weighted by atomic mass is 32.2. The van der Waals surface area contributed by atoms with Crippen LogP contribution in [0.25, 0.3) is 0 Å². The average molecular weight is 268 g/mol. The number of sulfone groups is 1. The van der Waals surface area contributed by atoms with Gasteiger partial charge >= 0.3 is 0 Å². The van der Waals surface area contributed by atoms with Crippen LogP contribution in [0.15, 0.2) is 29.2 Å². The minimum Gasteiger partial charge on any atom is -0.384 e. The van der Waals surface area contributed by atoms with Gasteiger partial charge in [-0.1, -0.05) is 19.1 Å². The fraction of sp³-hybridized carbons (Fsp3) is 0.538. The van der Waals surface area contributed by atoms with Crippen molar-refractivity contribution in [1.82, 2.24) is 0 Å². The molecule has 0 spiro atoms. The zero-order chi connectivity index (χ0) is 13.2. The molecule has 1 aromatic rings. The number of rotatable bonds is 5. The lowest BCUT2D eigenvalue weighted by Gasteiger charge is -2.32. The lowest BCUT2D eigenvalue weighted by atomic mass is 9.81. The van der Waals surface area contributed by atoms with E-state index >= 15 is 0 Å². The van der Waals surface area contributed by atoms with Crippen LogP contribution in [0.3, 0.4) is 0 Å². The van der Waals surface area contributed by atoms with Gasteiger partial charge in [0.25, 0.3) is 0 Å². The first-order valence-corrected chi connectivity index (χ1v) is 7.99. The maximum Gasteiger partial charge on any atom is 0.180 e. The molecule has 0 heterocycles. The fourth-order valence-corrected chi connectivity index (χ4v) is 3.32. The molecule has 0 atom stereocenters. The topological polar surface area (TPSA) is 72.2 Å². The lowest BCUT2D eigenvalue weighted by Crippen LogP contribution is -2.39. The van der Waals surface area contributed by atoms with Gasteiger partial charge in [-0.25, -0.2) is 8.42 Å². The average Bonchev–Trinajstić information content (AvgIpc) is 2.33. The van der Waals surface area contributed by atoms with E-state index in [1.165, 1.54) is 0 Å². The zero-order valence-corrected chi connectivity index (χ0v) is 11.4. The number of anilines is 1.